The fourth-order valence-electron chi connectivity index (χ4n) is 3.60. The molecule has 1 saturated carbocycles. The zero-order valence-corrected chi connectivity index (χ0v) is 15.4. The number of Topliss-reactive ketones (excluding diaryl/α,β-unsaturated/α-hetero) is 2. The molecular weight excluding hydrogens is 328 g/mol. The van der Waals surface area contributed by atoms with Gasteiger partial charge in [-0.15, -0.1) is 0 Å². The number of hydrogen-bond acceptors (Lipinski definition) is 3. The van der Waals surface area contributed by atoms with Gasteiger partial charge in [-0.1, -0.05) is 55.7 Å². The Morgan fingerprint density at radius 2 is 1.81 bits per heavy atom. The first-order chi connectivity index (χ1) is 12.5. The molecule has 1 aliphatic rings. The monoisotopic (exact) mass is 356 g/mol. The molecule has 140 valence electrons. The molecule has 0 radical (unpaired) electrons. The van der Waals surface area contributed by atoms with E-state index in [0.29, 0.717) is 24.2 Å². The van der Waals surface area contributed by atoms with Crippen LogP contribution in [0.1, 0.15) is 74.2 Å². The van der Waals surface area contributed by atoms with Gasteiger partial charge in [0.2, 0.25) is 0 Å². The molecule has 1 aromatic carbocycles. The summed E-state index contributed by atoms with van der Waals surface area (Å²) in [7, 11) is 0. The highest BCUT2D eigenvalue weighted by Crippen LogP contribution is 2.34. The predicted molar refractivity (Wildman–Crippen MR) is 102 cm³/mol. The minimum Gasteiger partial charge on any atom is -0.481 e. The molecule has 0 amide bonds. The number of carbonyl (C=O) groups is 3. The number of carbonyl (C=O) groups excluding carboxylic acids is 2. The van der Waals surface area contributed by atoms with Gasteiger partial charge in [0, 0.05) is 24.3 Å². The lowest BCUT2D eigenvalue weighted by Crippen LogP contribution is -2.13. The summed E-state index contributed by atoms with van der Waals surface area (Å²) in [4.78, 5) is 34.0. The van der Waals surface area contributed by atoms with Crippen molar-refractivity contribution in [3.05, 3.63) is 41.5 Å². The lowest BCUT2D eigenvalue weighted by Gasteiger charge is -2.14. The van der Waals surface area contributed by atoms with Crippen molar-refractivity contribution >= 4 is 23.6 Å². The molecule has 0 bridgehead atoms. The van der Waals surface area contributed by atoms with Crippen molar-refractivity contribution in [2.75, 3.05) is 0 Å². The van der Waals surface area contributed by atoms with Crippen LogP contribution in [0.5, 0.6) is 0 Å². The van der Waals surface area contributed by atoms with E-state index in [1.807, 2.05) is 30.3 Å². The van der Waals surface area contributed by atoms with Crippen LogP contribution >= 0.6 is 0 Å². The first-order valence-electron chi connectivity index (χ1n) is 9.51. The van der Waals surface area contributed by atoms with Crippen molar-refractivity contribution < 1.29 is 19.5 Å². The van der Waals surface area contributed by atoms with Crippen molar-refractivity contribution in [3.8, 4) is 0 Å². The van der Waals surface area contributed by atoms with Crippen molar-refractivity contribution in [1.29, 1.82) is 0 Å². The van der Waals surface area contributed by atoms with Gasteiger partial charge in [-0.25, -0.2) is 0 Å². The summed E-state index contributed by atoms with van der Waals surface area (Å²) < 4.78 is 0. The van der Waals surface area contributed by atoms with E-state index in [1.54, 1.807) is 6.92 Å². The van der Waals surface area contributed by atoms with Gasteiger partial charge in [0.1, 0.15) is 5.78 Å². The van der Waals surface area contributed by atoms with Crippen LogP contribution in [0.3, 0.4) is 0 Å². The molecule has 1 N–H and O–H groups in total. The van der Waals surface area contributed by atoms with Gasteiger partial charge in [-0.05, 0) is 37.7 Å². The Balaban J connectivity index is 1.82. The smallest absolute Gasteiger partial charge is 0.303 e. The van der Waals surface area contributed by atoms with Gasteiger partial charge in [0.05, 0.1) is 0 Å². The number of benzene rings is 1. The Morgan fingerprint density at radius 3 is 2.46 bits per heavy atom. The lowest BCUT2D eigenvalue weighted by molar-refractivity contribution is -0.137. The molecule has 0 spiro atoms. The SMILES string of the molecule is CC(=O)c1ccc(C=C[C@@H]2CCC(=O)[C@H]2CCCCCCC(=O)O)cc1. The molecule has 0 saturated heterocycles. The average molecular weight is 356 g/mol. The maximum absolute atomic E-state index is 12.2. The van der Waals surface area contributed by atoms with Crippen LogP contribution in [0.2, 0.25) is 0 Å². The number of carboxylic acid groups (broad SMARTS) is 1. The molecule has 1 aromatic rings. The molecular formula is C22H28O4. The zero-order valence-electron chi connectivity index (χ0n) is 15.4. The Kier molecular flexibility index (Phi) is 7.76. The maximum Gasteiger partial charge on any atom is 0.303 e. The standard InChI is InChI=1S/C22H28O4/c1-16(23)18-11-8-17(9-12-18)10-13-19-14-15-21(24)20(19)6-4-2-3-5-7-22(25)26/h8-13,19-20H,2-7,14-15H2,1H3,(H,25,26)/t19-,20+/m1/s1. The number of rotatable bonds is 10. The maximum atomic E-state index is 12.2. The molecule has 0 aromatic heterocycles. The molecule has 1 fully saturated rings. The molecule has 4 nitrogen and oxygen atoms in total. The highest BCUT2D eigenvalue weighted by molar-refractivity contribution is 5.94. The lowest BCUT2D eigenvalue weighted by atomic mass is 9.89. The van der Waals surface area contributed by atoms with Gasteiger partial charge in [-0.3, -0.25) is 14.4 Å². The summed E-state index contributed by atoms with van der Waals surface area (Å²) in [5.41, 5.74) is 1.75. The van der Waals surface area contributed by atoms with Gasteiger partial charge in [0.25, 0.3) is 0 Å². The van der Waals surface area contributed by atoms with Gasteiger partial charge in [-0.2, -0.15) is 0 Å². The molecule has 0 unspecified atom stereocenters. The van der Waals surface area contributed by atoms with Crippen LogP contribution in [-0.4, -0.2) is 22.6 Å². The first-order valence-corrected chi connectivity index (χ1v) is 9.51. The van der Waals surface area contributed by atoms with E-state index < -0.39 is 5.97 Å². The molecule has 2 rings (SSSR count). The summed E-state index contributed by atoms with van der Waals surface area (Å²) in [6.45, 7) is 1.56. The van der Waals surface area contributed by atoms with Crippen LogP contribution in [0.25, 0.3) is 6.08 Å². The third kappa shape index (κ3) is 6.25. The number of carboxylic acids is 1. The van der Waals surface area contributed by atoms with Gasteiger partial charge < -0.3 is 5.11 Å². The predicted octanol–water partition coefficient (Wildman–Crippen LogP) is 4.92. The summed E-state index contributed by atoms with van der Waals surface area (Å²) in [5.74, 6) is 0.0659. The van der Waals surface area contributed by atoms with Crippen molar-refractivity contribution in [2.45, 2.75) is 58.3 Å². The number of ketones is 2. The first kappa shape index (κ1) is 20.1. The van der Waals surface area contributed by atoms with E-state index in [0.717, 1.165) is 37.7 Å². The Labute approximate surface area is 155 Å². The summed E-state index contributed by atoms with van der Waals surface area (Å²) in [6, 6.07) is 7.52. The third-order valence-electron chi connectivity index (χ3n) is 5.16. The molecule has 2 atom stereocenters. The Hall–Kier alpha value is -2.23. The fraction of sp³-hybridized carbons (Fsp3) is 0.500. The number of allylic oxidation sites excluding steroid dienone is 1. The summed E-state index contributed by atoms with van der Waals surface area (Å²) >= 11 is 0. The Bertz CT molecular complexity index is 657. The van der Waals surface area contributed by atoms with E-state index >= 15 is 0 Å². The second kappa shape index (κ2) is 10.0. The fourth-order valence-corrected chi connectivity index (χ4v) is 3.60. The zero-order chi connectivity index (χ0) is 18.9. The van der Waals surface area contributed by atoms with E-state index in [2.05, 4.69) is 6.08 Å². The molecule has 26 heavy (non-hydrogen) atoms. The normalized spacial score (nSPS) is 20.0. The topological polar surface area (TPSA) is 71.4 Å². The van der Waals surface area contributed by atoms with Crippen LogP contribution in [0.4, 0.5) is 0 Å². The quantitative estimate of drug-likeness (QED) is 0.477. The Morgan fingerprint density at radius 1 is 1.12 bits per heavy atom. The van der Waals surface area contributed by atoms with Crippen LogP contribution in [0.15, 0.2) is 30.3 Å². The molecule has 1 aliphatic carbocycles. The highest BCUT2D eigenvalue weighted by atomic mass is 16.4. The second-order valence-corrected chi connectivity index (χ2v) is 7.16. The molecule has 4 heteroatoms. The number of unbranched alkanes of at least 4 members (excludes halogenated alkanes) is 3. The van der Waals surface area contributed by atoms with E-state index in [1.165, 1.54) is 0 Å². The van der Waals surface area contributed by atoms with Crippen LogP contribution in [0, 0.1) is 11.8 Å². The third-order valence-corrected chi connectivity index (χ3v) is 5.16. The largest absolute Gasteiger partial charge is 0.481 e. The van der Waals surface area contributed by atoms with E-state index in [4.69, 9.17) is 5.11 Å². The van der Waals surface area contributed by atoms with Crippen LogP contribution in [-0.2, 0) is 9.59 Å². The molecule has 0 aliphatic heterocycles. The molecule has 0 heterocycles. The van der Waals surface area contributed by atoms with E-state index in [9.17, 15) is 14.4 Å². The van der Waals surface area contributed by atoms with Crippen molar-refractivity contribution in [1.82, 2.24) is 0 Å². The number of aliphatic carboxylic acids is 1. The van der Waals surface area contributed by atoms with Crippen molar-refractivity contribution in [2.24, 2.45) is 11.8 Å². The minimum absolute atomic E-state index is 0.0605. The highest BCUT2D eigenvalue weighted by Gasteiger charge is 2.32. The van der Waals surface area contributed by atoms with Crippen molar-refractivity contribution in [3.63, 3.8) is 0 Å². The van der Waals surface area contributed by atoms with Gasteiger partial charge >= 0.3 is 5.97 Å². The summed E-state index contributed by atoms with van der Waals surface area (Å²) in [5, 5.41) is 8.64. The average Bonchev–Trinajstić information content (AvgIpc) is 2.96. The number of hydrogen-bond donors (Lipinski definition) is 1. The summed E-state index contributed by atoms with van der Waals surface area (Å²) in [6.07, 6.45) is 10.5. The second-order valence-electron chi connectivity index (χ2n) is 7.16. The van der Waals surface area contributed by atoms with Gasteiger partial charge in [0.15, 0.2) is 5.78 Å². The van der Waals surface area contributed by atoms with E-state index in [-0.39, 0.29) is 24.0 Å². The van der Waals surface area contributed by atoms with Crippen LogP contribution < -0.4 is 0 Å². The minimum atomic E-state index is -0.738.